The molecule has 0 bridgehead atoms. The minimum Gasteiger partial charge on any atom is -0.380 e. The van der Waals surface area contributed by atoms with Crippen LogP contribution >= 0.6 is 0 Å². The topological polar surface area (TPSA) is 26.3 Å². The summed E-state index contributed by atoms with van der Waals surface area (Å²) in [5.74, 6) is -0.160. The van der Waals surface area contributed by atoms with Gasteiger partial charge < -0.3 is 9.53 Å². The van der Waals surface area contributed by atoms with Gasteiger partial charge in [-0.3, -0.25) is 0 Å². The molecule has 3 heteroatoms. The maximum atomic E-state index is 12.1. The molecule has 0 spiro atoms. The Labute approximate surface area is 46.6 Å². The van der Waals surface area contributed by atoms with E-state index in [1.807, 2.05) is 0 Å². The molecule has 0 aliphatic carbocycles. The van der Waals surface area contributed by atoms with Crippen molar-refractivity contribution in [3.8, 4) is 0 Å². The van der Waals surface area contributed by atoms with E-state index < -0.39 is 6.17 Å². The van der Waals surface area contributed by atoms with Gasteiger partial charge in [0.25, 0.3) is 0 Å². The van der Waals surface area contributed by atoms with Crippen molar-refractivity contribution < 1.29 is 13.9 Å². The minimum atomic E-state index is -1.30. The molecule has 0 saturated carbocycles. The Balaban J connectivity index is 2.22. The Morgan fingerprint density at radius 3 is 2.50 bits per heavy atom. The second kappa shape index (κ2) is 2.22. The summed E-state index contributed by atoms with van der Waals surface area (Å²) in [5, 5.41) is 0. The van der Waals surface area contributed by atoms with Crippen molar-refractivity contribution in [3.63, 3.8) is 0 Å². The van der Waals surface area contributed by atoms with Gasteiger partial charge in [-0.25, -0.2) is 4.39 Å². The molecule has 46 valence electrons. The minimum absolute atomic E-state index is 0.160. The molecule has 1 rings (SSSR count). The summed E-state index contributed by atoms with van der Waals surface area (Å²) in [6.45, 7) is 0.805. The molecule has 0 aromatic rings. The number of alkyl halides is 1. The van der Waals surface area contributed by atoms with Crippen molar-refractivity contribution >= 4 is 6.29 Å². The number of ether oxygens (including phenoxy) is 1. The van der Waals surface area contributed by atoms with Gasteiger partial charge in [0, 0.05) is 5.92 Å². The Morgan fingerprint density at radius 2 is 2.38 bits per heavy atom. The lowest BCUT2D eigenvalue weighted by Gasteiger charge is -2.25. The van der Waals surface area contributed by atoms with Crippen LogP contribution in [0.25, 0.3) is 0 Å². The molecule has 1 unspecified atom stereocenters. The first kappa shape index (κ1) is 5.69. The van der Waals surface area contributed by atoms with Crippen molar-refractivity contribution in [2.24, 2.45) is 5.92 Å². The first-order chi connectivity index (χ1) is 3.84. The van der Waals surface area contributed by atoms with Gasteiger partial charge in [0.15, 0.2) is 12.5 Å². The molecule has 0 aromatic carbocycles. The van der Waals surface area contributed by atoms with Crippen molar-refractivity contribution in [2.75, 3.05) is 13.2 Å². The first-order valence-electron chi connectivity index (χ1n) is 2.51. The van der Waals surface area contributed by atoms with E-state index >= 15 is 0 Å². The molecule has 1 heterocycles. The molecule has 0 N–H and O–H groups in total. The van der Waals surface area contributed by atoms with E-state index in [0.29, 0.717) is 19.5 Å². The van der Waals surface area contributed by atoms with Gasteiger partial charge >= 0.3 is 0 Å². The van der Waals surface area contributed by atoms with Gasteiger partial charge in [-0.05, 0) is 0 Å². The zero-order chi connectivity index (χ0) is 5.98. The molecule has 0 aromatic heterocycles. The van der Waals surface area contributed by atoms with Crippen LogP contribution in [-0.4, -0.2) is 25.7 Å². The quantitative estimate of drug-likeness (QED) is 0.483. The van der Waals surface area contributed by atoms with Crippen LogP contribution < -0.4 is 0 Å². The highest BCUT2D eigenvalue weighted by Gasteiger charge is 2.27. The predicted molar refractivity (Wildman–Crippen MR) is 25.3 cm³/mol. The highest BCUT2D eigenvalue weighted by atomic mass is 19.1. The third-order valence-electron chi connectivity index (χ3n) is 1.24. The van der Waals surface area contributed by atoms with E-state index in [1.54, 1.807) is 0 Å². The van der Waals surface area contributed by atoms with Crippen molar-refractivity contribution in [1.82, 2.24) is 0 Å². The van der Waals surface area contributed by atoms with E-state index in [0.717, 1.165) is 0 Å². The number of carbonyl (C=O) groups excluding carboxylic acids is 1. The van der Waals surface area contributed by atoms with Gasteiger partial charge in [0.05, 0.1) is 13.2 Å². The Hall–Kier alpha value is -0.440. The van der Waals surface area contributed by atoms with Crippen LogP contribution in [0.5, 0.6) is 0 Å². The number of halogens is 1. The second-order valence-electron chi connectivity index (χ2n) is 1.88. The number of hydrogen-bond donors (Lipinski definition) is 0. The molecular weight excluding hydrogens is 111 g/mol. The van der Waals surface area contributed by atoms with Crippen molar-refractivity contribution in [2.45, 2.75) is 6.17 Å². The molecule has 1 aliphatic rings. The molecule has 8 heavy (non-hydrogen) atoms. The van der Waals surface area contributed by atoms with Crippen LogP contribution in [-0.2, 0) is 9.53 Å². The Kier molecular flexibility index (Phi) is 1.58. The molecule has 1 fully saturated rings. The fraction of sp³-hybridized carbons (Fsp3) is 0.800. The van der Waals surface area contributed by atoms with Crippen molar-refractivity contribution in [3.05, 3.63) is 0 Å². The van der Waals surface area contributed by atoms with E-state index in [2.05, 4.69) is 4.74 Å². The first-order valence-corrected chi connectivity index (χ1v) is 2.51. The zero-order valence-electron chi connectivity index (χ0n) is 4.34. The maximum Gasteiger partial charge on any atom is 0.162 e. The van der Waals surface area contributed by atoms with Crippen LogP contribution in [0.3, 0.4) is 0 Å². The molecule has 1 aliphatic heterocycles. The predicted octanol–water partition coefficient (Wildman–Crippen LogP) is 0.170. The standard InChI is InChI=1S/C5H7FO2/c6-5(1-7)4-2-8-3-4/h1,4-5H,2-3H2. The number of rotatable bonds is 2. The summed E-state index contributed by atoms with van der Waals surface area (Å²) >= 11 is 0. The molecule has 0 radical (unpaired) electrons. The highest BCUT2D eigenvalue weighted by Crippen LogP contribution is 2.15. The summed E-state index contributed by atoms with van der Waals surface area (Å²) < 4.78 is 16.8. The normalized spacial score (nSPS) is 24.1. The second-order valence-corrected chi connectivity index (χ2v) is 1.88. The van der Waals surface area contributed by atoms with Gasteiger partial charge in [-0.15, -0.1) is 0 Å². The van der Waals surface area contributed by atoms with Crippen LogP contribution in [0.2, 0.25) is 0 Å². The molecule has 2 nitrogen and oxygen atoms in total. The van der Waals surface area contributed by atoms with Gasteiger partial charge in [0.2, 0.25) is 0 Å². The number of hydrogen-bond acceptors (Lipinski definition) is 2. The van der Waals surface area contributed by atoms with Crippen LogP contribution in [0.4, 0.5) is 4.39 Å². The van der Waals surface area contributed by atoms with E-state index in [-0.39, 0.29) is 5.92 Å². The lowest BCUT2D eigenvalue weighted by Crippen LogP contribution is -2.36. The highest BCUT2D eigenvalue weighted by molar-refractivity contribution is 5.56. The fourth-order valence-electron chi connectivity index (χ4n) is 0.549. The molecule has 1 saturated heterocycles. The summed E-state index contributed by atoms with van der Waals surface area (Å²) in [6.07, 6.45) is -0.976. The monoisotopic (exact) mass is 118 g/mol. The molecule has 0 amide bonds. The van der Waals surface area contributed by atoms with E-state index in [9.17, 15) is 9.18 Å². The van der Waals surface area contributed by atoms with Crippen LogP contribution in [0, 0.1) is 5.92 Å². The number of aldehydes is 1. The van der Waals surface area contributed by atoms with Gasteiger partial charge in [-0.2, -0.15) is 0 Å². The third-order valence-corrected chi connectivity index (χ3v) is 1.24. The van der Waals surface area contributed by atoms with E-state index in [1.165, 1.54) is 0 Å². The maximum absolute atomic E-state index is 12.1. The molecule has 1 atom stereocenters. The summed E-state index contributed by atoms with van der Waals surface area (Å²) in [7, 11) is 0. The van der Waals surface area contributed by atoms with Gasteiger partial charge in [-0.1, -0.05) is 0 Å². The van der Waals surface area contributed by atoms with Crippen LogP contribution in [0.1, 0.15) is 0 Å². The summed E-state index contributed by atoms with van der Waals surface area (Å²) in [4.78, 5) is 9.71. The average Bonchev–Trinajstić information content (AvgIpc) is 1.62. The van der Waals surface area contributed by atoms with Crippen molar-refractivity contribution in [1.29, 1.82) is 0 Å². The fourth-order valence-corrected chi connectivity index (χ4v) is 0.549. The largest absolute Gasteiger partial charge is 0.380 e. The third kappa shape index (κ3) is 0.865. The number of carbonyl (C=O) groups is 1. The Bertz CT molecular complexity index is 90.4. The molecular formula is C5H7FO2. The average molecular weight is 118 g/mol. The zero-order valence-corrected chi connectivity index (χ0v) is 4.34. The van der Waals surface area contributed by atoms with Crippen LogP contribution in [0.15, 0.2) is 0 Å². The van der Waals surface area contributed by atoms with E-state index in [4.69, 9.17) is 0 Å². The summed E-state index contributed by atoms with van der Waals surface area (Å²) in [6, 6.07) is 0. The Morgan fingerprint density at radius 1 is 1.75 bits per heavy atom. The smallest absolute Gasteiger partial charge is 0.162 e. The SMILES string of the molecule is O=CC(F)C1COC1. The lowest BCUT2D eigenvalue weighted by atomic mass is 10.0. The van der Waals surface area contributed by atoms with Gasteiger partial charge in [0.1, 0.15) is 0 Å². The lowest BCUT2D eigenvalue weighted by molar-refractivity contribution is -0.123. The summed E-state index contributed by atoms with van der Waals surface area (Å²) in [5.41, 5.74) is 0.